The molecule has 2 N–H and O–H groups in total. The lowest BCUT2D eigenvalue weighted by molar-refractivity contribution is 0.859. The van der Waals surface area contributed by atoms with Crippen LogP contribution in [0.1, 0.15) is 11.4 Å². The van der Waals surface area contributed by atoms with Crippen LogP contribution in [-0.4, -0.2) is 24.1 Å². The van der Waals surface area contributed by atoms with Crippen molar-refractivity contribution < 1.29 is 0 Å². The van der Waals surface area contributed by atoms with Crippen molar-refractivity contribution in [3.63, 3.8) is 0 Å². The van der Waals surface area contributed by atoms with Crippen molar-refractivity contribution in [1.29, 1.82) is 0 Å². The van der Waals surface area contributed by atoms with E-state index in [2.05, 4.69) is 39.1 Å². The van der Waals surface area contributed by atoms with Crippen LogP contribution in [0, 0.1) is 0 Å². The number of nitrogens with zero attached hydrogens (tertiary/aromatic N) is 3. The van der Waals surface area contributed by atoms with Crippen LogP contribution in [0.15, 0.2) is 36.7 Å². The number of nitrogen functional groups attached to an aromatic ring is 1. The van der Waals surface area contributed by atoms with Crippen LogP contribution in [0.3, 0.4) is 0 Å². The molecule has 0 bridgehead atoms. The molecule has 0 saturated heterocycles. The fourth-order valence-corrected chi connectivity index (χ4v) is 1.71. The minimum atomic E-state index is 0.606. The van der Waals surface area contributed by atoms with E-state index in [4.69, 9.17) is 5.73 Å². The van der Waals surface area contributed by atoms with E-state index in [1.807, 2.05) is 14.1 Å². The fraction of sp³-hybridized carbons (Fsp3) is 0.286. The average molecular weight is 242 g/mol. The summed E-state index contributed by atoms with van der Waals surface area (Å²) < 4.78 is 0. The van der Waals surface area contributed by atoms with Gasteiger partial charge in [-0.3, -0.25) is 0 Å². The standard InChI is InChI=1S/C14H18N4/c1-18(2)13-6-3-11(4-7-13)5-8-14-16-9-12(15)10-17-14/h3-4,6-7,9-10H,5,8,15H2,1-2H3. The van der Waals surface area contributed by atoms with Gasteiger partial charge in [-0.25, -0.2) is 9.97 Å². The van der Waals surface area contributed by atoms with Gasteiger partial charge in [0.25, 0.3) is 0 Å². The Balaban J connectivity index is 1.95. The molecular weight excluding hydrogens is 224 g/mol. The molecule has 0 atom stereocenters. The van der Waals surface area contributed by atoms with Gasteiger partial charge >= 0.3 is 0 Å². The van der Waals surface area contributed by atoms with Crippen LogP contribution < -0.4 is 10.6 Å². The van der Waals surface area contributed by atoms with Gasteiger partial charge in [-0.05, 0) is 24.1 Å². The highest BCUT2D eigenvalue weighted by Crippen LogP contribution is 2.13. The number of aromatic nitrogens is 2. The first kappa shape index (κ1) is 12.4. The molecule has 1 aromatic carbocycles. The van der Waals surface area contributed by atoms with Crippen LogP contribution in [-0.2, 0) is 12.8 Å². The molecule has 4 nitrogen and oxygen atoms in total. The fourth-order valence-electron chi connectivity index (χ4n) is 1.71. The minimum absolute atomic E-state index is 0.606. The third kappa shape index (κ3) is 3.20. The van der Waals surface area contributed by atoms with Crippen molar-refractivity contribution >= 4 is 11.4 Å². The van der Waals surface area contributed by atoms with Crippen LogP contribution in [0.25, 0.3) is 0 Å². The van der Waals surface area contributed by atoms with Crippen molar-refractivity contribution in [2.45, 2.75) is 12.8 Å². The maximum atomic E-state index is 5.55. The van der Waals surface area contributed by atoms with E-state index in [0.717, 1.165) is 18.7 Å². The summed E-state index contributed by atoms with van der Waals surface area (Å²) in [5.41, 5.74) is 8.66. The molecule has 0 amide bonds. The Hall–Kier alpha value is -2.10. The smallest absolute Gasteiger partial charge is 0.128 e. The van der Waals surface area contributed by atoms with Gasteiger partial charge in [0.2, 0.25) is 0 Å². The number of hydrogen-bond donors (Lipinski definition) is 1. The molecule has 0 aliphatic carbocycles. The number of aryl methyl sites for hydroxylation is 2. The molecule has 0 spiro atoms. The molecule has 2 aromatic rings. The topological polar surface area (TPSA) is 55.0 Å². The molecule has 1 heterocycles. The molecule has 0 unspecified atom stereocenters. The van der Waals surface area contributed by atoms with Gasteiger partial charge < -0.3 is 10.6 Å². The third-order valence-corrected chi connectivity index (χ3v) is 2.82. The lowest BCUT2D eigenvalue weighted by Crippen LogP contribution is -2.08. The van der Waals surface area contributed by atoms with Crippen molar-refractivity contribution in [3.05, 3.63) is 48.0 Å². The third-order valence-electron chi connectivity index (χ3n) is 2.82. The normalized spacial score (nSPS) is 10.3. The average Bonchev–Trinajstić information content (AvgIpc) is 2.38. The zero-order valence-electron chi connectivity index (χ0n) is 10.8. The van der Waals surface area contributed by atoms with Crippen molar-refractivity contribution in [1.82, 2.24) is 9.97 Å². The Kier molecular flexibility index (Phi) is 3.77. The van der Waals surface area contributed by atoms with Crippen molar-refractivity contribution in [2.24, 2.45) is 0 Å². The van der Waals surface area contributed by atoms with E-state index in [0.29, 0.717) is 5.69 Å². The lowest BCUT2D eigenvalue weighted by Gasteiger charge is -2.12. The van der Waals surface area contributed by atoms with Gasteiger partial charge in [0.1, 0.15) is 5.82 Å². The van der Waals surface area contributed by atoms with E-state index in [9.17, 15) is 0 Å². The summed E-state index contributed by atoms with van der Waals surface area (Å²) in [7, 11) is 4.08. The number of hydrogen-bond acceptors (Lipinski definition) is 4. The molecule has 4 heteroatoms. The molecule has 94 valence electrons. The molecule has 0 aliphatic heterocycles. The first-order valence-electron chi connectivity index (χ1n) is 5.98. The predicted molar refractivity (Wildman–Crippen MR) is 74.6 cm³/mol. The Morgan fingerprint density at radius 1 is 1.00 bits per heavy atom. The predicted octanol–water partition coefficient (Wildman–Crippen LogP) is 1.91. The number of nitrogens with two attached hydrogens (primary N) is 1. The summed E-state index contributed by atoms with van der Waals surface area (Å²) in [6.07, 6.45) is 5.08. The van der Waals surface area contributed by atoms with Gasteiger partial charge in [0.15, 0.2) is 0 Å². The molecule has 0 fully saturated rings. The Bertz CT molecular complexity index is 488. The van der Waals surface area contributed by atoms with E-state index < -0.39 is 0 Å². The molecule has 0 aliphatic rings. The minimum Gasteiger partial charge on any atom is -0.396 e. The van der Waals surface area contributed by atoms with Crippen LogP contribution in [0.5, 0.6) is 0 Å². The van der Waals surface area contributed by atoms with Gasteiger partial charge in [-0.2, -0.15) is 0 Å². The highest BCUT2D eigenvalue weighted by atomic mass is 15.1. The highest BCUT2D eigenvalue weighted by Gasteiger charge is 2.00. The molecule has 2 rings (SSSR count). The molecular formula is C14H18N4. The molecule has 0 radical (unpaired) electrons. The summed E-state index contributed by atoms with van der Waals surface area (Å²) >= 11 is 0. The van der Waals surface area contributed by atoms with E-state index in [-0.39, 0.29) is 0 Å². The molecule has 0 saturated carbocycles. The Morgan fingerprint density at radius 2 is 1.61 bits per heavy atom. The van der Waals surface area contributed by atoms with Gasteiger partial charge in [0.05, 0.1) is 18.1 Å². The number of anilines is 2. The quantitative estimate of drug-likeness (QED) is 0.889. The Labute approximate surface area is 107 Å². The van der Waals surface area contributed by atoms with E-state index in [1.54, 1.807) is 12.4 Å². The maximum absolute atomic E-state index is 5.55. The van der Waals surface area contributed by atoms with Gasteiger partial charge in [-0.15, -0.1) is 0 Å². The van der Waals surface area contributed by atoms with Crippen molar-refractivity contribution in [3.8, 4) is 0 Å². The zero-order valence-corrected chi connectivity index (χ0v) is 10.8. The van der Waals surface area contributed by atoms with Crippen LogP contribution in [0.2, 0.25) is 0 Å². The molecule has 18 heavy (non-hydrogen) atoms. The Morgan fingerprint density at radius 3 is 2.17 bits per heavy atom. The maximum Gasteiger partial charge on any atom is 0.128 e. The summed E-state index contributed by atoms with van der Waals surface area (Å²) in [6, 6.07) is 8.54. The second kappa shape index (κ2) is 5.49. The summed E-state index contributed by atoms with van der Waals surface area (Å²) in [5.74, 6) is 0.834. The molecule has 1 aromatic heterocycles. The number of benzene rings is 1. The zero-order chi connectivity index (χ0) is 13.0. The second-order valence-corrected chi connectivity index (χ2v) is 4.49. The van der Waals surface area contributed by atoms with Gasteiger partial charge in [0, 0.05) is 26.2 Å². The number of rotatable bonds is 4. The first-order chi connectivity index (χ1) is 8.65. The second-order valence-electron chi connectivity index (χ2n) is 4.49. The van der Waals surface area contributed by atoms with Crippen LogP contribution in [0.4, 0.5) is 11.4 Å². The van der Waals surface area contributed by atoms with E-state index >= 15 is 0 Å². The lowest BCUT2D eigenvalue weighted by atomic mass is 10.1. The van der Waals surface area contributed by atoms with E-state index in [1.165, 1.54) is 11.3 Å². The summed E-state index contributed by atoms with van der Waals surface area (Å²) in [6.45, 7) is 0. The SMILES string of the molecule is CN(C)c1ccc(CCc2ncc(N)cn2)cc1. The van der Waals surface area contributed by atoms with Crippen molar-refractivity contribution in [2.75, 3.05) is 24.7 Å². The van der Waals surface area contributed by atoms with Gasteiger partial charge in [-0.1, -0.05) is 12.1 Å². The summed E-state index contributed by atoms with van der Waals surface area (Å²) in [5, 5.41) is 0. The monoisotopic (exact) mass is 242 g/mol. The largest absolute Gasteiger partial charge is 0.396 e. The summed E-state index contributed by atoms with van der Waals surface area (Å²) in [4.78, 5) is 10.5. The van der Waals surface area contributed by atoms with Crippen LogP contribution >= 0.6 is 0 Å². The first-order valence-corrected chi connectivity index (χ1v) is 5.98. The highest BCUT2D eigenvalue weighted by molar-refractivity contribution is 5.46.